The van der Waals surface area contributed by atoms with E-state index in [9.17, 15) is 9.90 Å². The molecule has 1 aromatic heterocycles. The number of amides is 1. The van der Waals surface area contributed by atoms with E-state index in [1.54, 1.807) is 50.2 Å². The molecule has 2 N–H and O–H groups in total. The van der Waals surface area contributed by atoms with E-state index in [1.165, 1.54) is 0 Å². The van der Waals surface area contributed by atoms with Crippen molar-refractivity contribution in [3.63, 3.8) is 0 Å². The van der Waals surface area contributed by atoms with Gasteiger partial charge in [-0.15, -0.1) is 0 Å². The third-order valence-corrected chi connectivity index (χ3v) is 3.19. The first kappa shape index (κ1) is 14.6. The van der Waals surface area contributed by atoms with Gasteiger partial charge >= 0.3 is 0 Å². The van der Waals surface area contributed by atoms with Crippen LogP contribution in [0, 0.1) is 6.92 Å². The van der Waals surface area contributed by atoms with Gasteiger partial charge in [0.1, 0.15) is 17.1 Å². The number of aliphatic hydroxyl groups is 1. The van der Waals surface area contributed by atoms with Crippen LogP contribution in [0.25, 0.3) is 0 Å². The first-order valence-electron chi connectivity index (χ1n) is 6.21. The zero-order valence-electron chi connectivity index (χ0n) is 11.3. The van der Waals surface area contributed by atoms with E-state index < -0.39 is 5.60 Å². The molecule has 1 aromatic carbocycles. The summed E-state index contributed by atoms with van der Waals surface area (Å²) in [5, 5.41) is 13.5. The standard InChI is InChI=1S/C15H16ClNO3/c1-10-6-7-13(20-10)15(2,19)9-17-14(18)11-4-3-5-12(16)8-11/h3-8,19H,9H2,1-2H3,(H,17,18). The van der Waals surface area contributed by atoms with E-state index >= 15 is 0 Å². The van der Waals surface area contributed by atoms with Crippen molar-refractivity contribution in [1.29, 1.82) is 0 Å². The van der Waals surface area contributed by atoms with Crippen molar-refractivity contribution in [2.45, 2.75) is 19.4 Å². The van der Waals surface area contributed by atoms with Crippen LogP contribution >= 0.6 is 11.6 Å². The van der Waals surface area contributed by atoms with Gasteiger partial charge in [0, 0.05) is 10.6 Å². The molecule has 1 amide bonds. The van der Waals surface area contributed by atoms with Crippen LogP contribution in [0.5, 0.6) is 0 Å². The van der Waals surface area contributed by atoms with Crippen LogP contribution < -0.4 is 5.32 Å². The van der Waals surface area contributed by atoms with Crippen LogP contribution in [0.4, 0.5) is 0 Å². The van der Waals surface area contributed by atoms with Crippen molar-refractivity contribution in [2.24, 2.45) is 0 Å². The van der Waals surface area contributed by atoms with Gasteiger partial charge in [-0.05, 0) is 44.2 Å². The highest BCUT2D eigenvalue weighted by atomic mass is 35.5. The van der Waals surface area contributed by atoms with Crippen LogP contribution in [0.1, 0.15) is 28.8 Å². The molecule has 0 bridgehead atoms. The fourth-order valence-corrected chi connectivity index (χ4v) is 1.99. The number of nitrogens with one attached hydrogen (secondary N) is 1. The lowest BCUT2D eigenvalue weighted by molar-refractivity contribution is 0.0323. The van der Waals surface area contributed by atoms with Gasteiger partial charge in [0.2, 0.25) is 0 Å². The average molecular weight is 294 g/mol. The SMILES string of the molecule is Cc1ccc(C(C)(O)CNC(=O)c2cccc(Cl)c2)o1. The molecule has 0 saturated carbocycles. The summed E-state index contributed by atoms with van der Waals surface area (Å²) in [4.78, 5) is 12.0. The second-order valence-electron chi connectivity index (χ2n) is 4.88. The minimum absolute atomic E-state index is 0.0469. The summed E-state index contributed by atoms with van der Waals surface area (Å²) in [7, 11) is 0. The molecular weight excluding hydrogens is 278 g/mol. The van der Waals surface area contributed by atoms with Crippen LogP contribution in [-0.4, -0.2) is 17.6 Å². The largest absolute Gasteiger partial charge is 0.463 e. The van der Waals surface area contributed by atoms with E-state index in [2.05, 4.69) is 5.32 Å². The summed E-state index contributed by atoms with van der Waals surface area (Å²) in [6, 6.07) is 10.1. The van der Waals surface area contributed by atoms with E-state index in [0.29, 0.717) is 22.1 Å². The fourth-order valence-electron chi connectivity index (χ4n) is 1.80. The normalized spacial score (nSPS) is 13.8. The molecule has 0 spiro atoms. The lowest BCUT2D eigenvalue weighted by atomic mass is 10.0. The molecule has 1 unspecified atom stereocenters. The molecule has 20 heavy (non-hydrogen) atoms. The Hall–Kier alpha value is -1.78. The van der Waals surface area contributed by atoms with Gasteiger partial charge in [-0.2, -0.15) is 0 Å². The van der Waals surface area contributed by atoms with Gasteiger partial charge in [-0.25, -0.2) is 0 Å². The lowest BCUT2D eigenvalue weighted by Crippen LogP contribution is -2.38. The molecular formula is C15H16ClNO3. The monoisotopic (exact) mass is 293 g/mol. The first-order chi connectivity index (χ1) is 9.38. The average Bonchev–Trinajstić information content (AvgIpc) is 2.83. The van der Waals surface area contributed by atoms with Gasteiger partial charge < -0.3 is 14.8 Å². The summed E-state index contributed by atoms with van der Waals surface area (Å²) < 4.78 is 5.38. The number of carbonyl (C=O) groups is 1. The van der Waals surface area contributed by atoms with Crippen molar-refractivity contribution >= 4 is 17.5 Å². The van der Waals surface area contributed by atoms with Gasteiger partial charge in [-0.1, -0.05) is 17.7 Å². The molecule has 0 radical (unpaired) electrons. The predicted octanol–water partition coefficient (Wildman–Crippen LogP) is 2.88. The summed E-state index contributed by atoms with van der Waals surface area (Å²) in [6.07, 6.45) is 0. The second-order valence-corrected chi connectivity index (χ2v) is 5.31. The highest BCUT2D eigenvalue weighted by Crippen LogP contribution is 2.22. The molecule has 106 valence electrons. The molecule has 1 heterocycles. The van der Waals surface area contributed by atoms with E-state index in [1.807, 2.05) is 0 Å². The summed E-state index contributed by atoms with van der Waals surface area (Å²) in [6.45, 7) is 3.43. The van der Waals surface area contributed by atoms with Crippen molar-refractivity contribution in [3.8, 4) is 0 Å². The molecule has 0 aliphatic carbocycles. The van der Waals surface area contributed by atoms with E-state index in [0.717, 1.165) is 0 Å². The summed E-state index contributed by atoms with van der Waals surface area (Å²) in [5.41, 5.74) is -0.813. The van der Waals surface area contributed by atoms with Crippen LogP contribution in [0.15, 0.2) is 40.8 Å². The number of carbonyl (C=O) groups excluding carboxylic acids is 1. The molecule has 5 heteroatoms. The van der Waals surface area contributed by atoms with E-state index in [-0.39, 0.29) is 12.5 Å². The molecule has 0 aliphatic heterocycles. The molecule has 0 saturated heterocycles. The summed E-state index contributed by atoms with van der Waals surface area (Å²) in [5.74, 6) is 0.832. The molecule has 4 nitrogen and oxygen atoms in total. The molecule has 2 rings (SSSR count). The Labute approximate surface area is 122 Å². The molecule has 2 aromatic rings. The van der Waals surface area contributed by atoms with Gasteiger partial charge in [0.05, 0.1) is 6.54 Å². The maximum atomic E-state index is 12.0. The highest BCUT2D eigenvalue weighted by Gasteiger charge is 2.27. The maximum Gasteiger partial charge on any atom is 0.251 e. The third-order valence-electron chi connectivity index (χ3n) is 2.95. The topological polar surface area (TPSA) is 62.5 Å². The number of furan rings is 1. The number of aryl methyl sites for hydroxylation is 1. The summed E-state index contributed by atoms with van der Waals surface area (Å²) >= 11 is 5.83. The van der Waals surface area contributed by atoms with Crippen molar-refractivity contribution in [2.75, 3.05) is 6.54 Å². The quantitative estimate of drug-likeness (QED) is 0.911. The Morgan fingerprint density at radius 2 is 2.15 bits per heavy atom. The van der Waals surface area contributed by atoms with Crippen LogP contribution in [0.3, 0.4) is 0 Å². The Balaban J connectivity index is 2.03. The number of benzene rings is 1. The van der Waals surface area contributed by atoms with Crippen molar-refractivity contribution in [1.82, 2.24) is 5.32 Å². The van der Waals surface area contributed by atoms with Gasteiger partial charge in [0.15, 0.2) is 0 Å². The predicted molar refractivity (Wildman–Crippen MR) is 76.8 cm³/mol. The maximum absolute atomic E-state index is 12.0. The van der Waals surface area contributed by atoms with Gasteiger partial charge in [0.25, 0.3) is 5.91 Å². The Morgan fingerprint density at radius 1 is 1.40 bits per heavy atom. The zero-order valence-corrected chi connectivity index (χ0v) is 12.1. The molecule has 0 fully saturated rings. The Kier molecular flexibility index (Phi) is 4.16. The van der Waals surface area contributed by atoms with Gasteiger partial charge in [-0.3, -0.25) is 4.79 Å². The second kappa shape index (κ2) is 5.69. The third kappa shape index (κ3) is 3.40. The molecule has 1 atom stereocenters. The number of rotatable bonds is 4. The fraction of sp³-hybridized carbons (Fsp3) is 0.267. The van der Waals surface area contributed by atoms with Crippen LogP contribution in [0.2, 0.25) is 5.02 Å². The lowest BCUT2D eigenvalue weighted by Gasteiger charge is -2.21. The minimum atomic E-state index is -1.26. The zero-order chi connectivity index (χ0) is 14.8. The highest BCUT2D eigenvalue weighted by molar-refractivity contribution is 6.30. The number of hydrogen-bond donors (Lipinski definition) is 2. The Bertz CT molecular complexity index is 619. The smallest absolute Gasteiger partial charge is 0.251 e. The number of hydrogen-bond acceptors (Lipinski definition) is 3. The van der Waals surface area contributed by atoms with Crippen molar-refractivity contribution in [3.05, 3.63) is 58.5 Å². The Morgan fingerprint density at radius 3 is 2.75 bits per heavy atom. The van der Waals surface area contributed by atoms with Crippen molar-refractivity contribution < 1.29 is 14.3 Å². The minimum Gasteiger partial charge on any atom is -0.463 e. The first-order valence-corrected chi connectivity index (χ1v) is 6.59. The van der Waals surface area contributed by atoms with E-state index in [4.69, 9.17) is 16.0 Å². The van der Waals surface area contributed by atoms with Crippen LogP contribution in [-0.2, 0) is 5.60 Å². The molecule has 0 aliphatic rings. The number of halogens is 1.